The third-order valence-electron chi connectivity index (χ3n) is 1.31. The lowest BCUT2D eigenvalue weighted by Gasteiger charge is -2.05. The first-order chi connectivity index (χ1) is 6.32. The molecule has 0 saturated carbocycles. The SMILES string of the molecule is O=[N+]([O-])c1ccc(Cl)nc1C(F)(F)F. The molecule has 1 aromatic rings. The first-order valence-electron chi connectivity index (χ1n) is 3.20. The molecule has 1 aromatic heterocycles. The number of pyridine rings is 1. The Bertz CT molecular complexity index is 380. The van der Waals surface area contributed by atoms with Gasteiger partial charge < -0.3 is 0 Å². The van der Waals surface area contributed by atoms with E-state index in [0.717, 1.165) is 6.07 Å². The molecule has 0 aliphatic heterocycles. The van der Waals surface area contributed by atoms with Crippen LogP contribution in [0.4, 0.5) is 18.9 Å². The van der Waals surface area contributed by atoms with E-state index in [0.29, 0.717) is 6.07 Å². The topological polar surface area (TPSA) is 56.0 Å². The average molecular weight is 227 g/mol. The largest absolute Gasteiger partial charge is 0.440 e. The number of hydrogen-bond donors (Lipinski definition) is 0. The summed E-state index contributed by atoms with van der Waals surface area (Å²) in [6.07, 6.45) is -4.88. The molecule has 0 aliphatic rings. The van der Waals surface area contributed by atoms with Crippen molar-refractivity contribution in [3.05, 3.63) is 33.1 Å². The molecule has 0 aliphatic carbocycles. The lowest BCUT2D eigenvalue weighted by Crippen LogP contribution is -2.11. The van der Waals surface area contributed by atoms with Crippen molar-refractivity contribution in [3.63, 3.8) is 0 Å². The molecule has 0 bridgehead atoms. The van der Waals surface area contributed by atoms with Crippen LogP contribution in [0, 0.1) is 10.1 Å². The van der Waals surface area contributed by atoms with E-state index < -0.39 is 27.6 Å². The van der Waals surface area contributed by atoms with Crippen molar-refractivity contribution in [2.75, 3.05) is 0 Å². The zero-order valence-corrected chi connectivity index (χ0v) is 7.13. The Kier molecular flexibility index (Phi) is 2.61. The van der Waals surface area contributed by atoms with Crippen molar-refractivity contribution in [1.29, 1.82) is 0 Å². The van der Waals surface area contributed by atoms with Gasteiger partial charge in [-0.25, -0.2) is 4.98 Å². The van der Waals surface area contributed by atoms with Gasteiger partial charge in [-0.05, 0) is 6.07 Å². The first-order valence-corrected chi connectivity index (χ1v) is 3.58. The normalized spacial score (nSPS) is 11.4. The number of nitro groups is 1. The average Bonchev–Trinajstić information content (AvgIpc) is 2.01. The van der Waals surface area contributed by atoms with Crippen molar-refractivity contribution in [1.82, 2.24) is 4.98 Å². The molecule has 0 radical (unpaired) electrons. The van der Waals surface area contributed by atoms with Gasteiger partial charge in [-0.3, -0.25) is 10.1 Å². The van der Waals surface area contributed by atoms with Crippen LogP contribution in [0.1, 0.15) is 5.69 Å². The smallest absolute Gasteiger partial charge is 0.258 e. The van der Waals surface area contributed by atoms with Crippen LogP contribution in [0.2, 0.25) is 5.15 Å². The molecular formula is C6H2ClF3N2O2. The minimum atomic E-state index is -4.88. The Labute approximate surface area is 80.5 Å². The summed E-state index contributed by atoms with van der Waals surface area (Å²) in [5.41, 5.74) is -2.70. The number of halogens is 4. The summed E-state index contributed by atoms with van der Waals surface area (Å²) < 4.78 is 36.5. The van der Waals surface area contributed by atoms with E-state index in [1.807, 2.05) is 0 Å². The van der Waals surface area contributed by atoms with E-state index in [2.05, 4.69) is 4.98 Å². The van der Waals surface area contributed by atoms with E-state index >= 15 is 0 Å². The number of nitrogens with zero attached hydrogens (tertiary/aromatic N) is 2. The van der Waals surface area contributed by atoms with Gasteiger partial charge in [-0.1, -0.05) is 11.6 Å². The molecule has 0 amide bonds. The molecule has 0 spiro atoms. The maximum atomic E-state index is 12.2. The molecule has 1 heterocycles. The van der Waals surface area contributed by atoms with Crippen molar-refractivity contribution >= 4 is 17.3 Å². The number of alkyl halides is 3. The Balaban J connectivity index is 3.38. The van der Waals surface area contributed by atoms with E-state index in [1.54, 1.807) is 0 Å². The van der Waals surface area contributed by atoms with Crippen molar-refractivity contribution < 1.29 is 18.1 Å². The predicted molar refractivity (Wildman–Crippen MR) is 40.9 cm³/mol. The van der Waals surface area contributed by atoms with Gasteiger partial charge in [0.1, 0.15) is 5.15 Å². The molecular weight excluding hydrogens is 225 g/mol. The zero-order chi connectivity index (χ0) is 10.9. The van der Waals surface area contributed by atoms with Gasteiger partial charge in [0.05, 0.1) is 4.92 Å². The van der Waals surface area contributed by atoms with Crippen LogP contribution >= 0.6 is 11.6 Å². The van der Waals surface area contributed by atoms with Gasteiger partial charge in [0.2, 0.25) is 5.69 Å². The molecule has 0 N–H and O–H groups in total. The number of hydrogen-bond acceptors (Lipinski definition) is 3. The van der Waals surface area contributed by atoms with Gasteiger partial charge in [0.25, 0.3) is 5.69 Å². The first kappa shape index (κ1) is 10.7. The van der Waals surface area contributed by atoms with Gasteiger partial charge in [0, 0.05) is 6.07 Å². The van der Waals surface area contributed by atoms with Crippen LogP contribution in [-0.2, 0) is 6.18 Å². The maximum absolute atomic E-state index is 12.2. The molecule has 0 unspecified atom stereocenters. The van der Waals surface area contributed by atoms with Crippen LogP contribution in [-0.4, -0.2) is 9.91 Å². The van der Waals surface area contributed by atoms with Crippen LogP contribution in [0.5, 0.6) is 0 Å². The summed E-state index contributed by atoms with van der Waals surface area (Å²) >= 11 is 5.19. The minimum absolute atomic E-state index is 0.442. The molecule has 1 rings (SSSR count). The van der Waals surface area contributed by atoms with Crippen LogP contribution in [0.3, 0.4) is 0 Å². The lowest BCUT2D eigenvalue weighted by molar-refractivity contribution is -0.388. The molecule has 0 saturated heterocycles. The van der Waals surface area contributed by atoms with E-state index in [4.69, 9.17) is 11.6 Å². The standard InChI is InChI=1S/C6H2ClF3N2O2/c7-4-2-1-3(12(13)14)5(11-4)6(8,9)10/h1-2H. The maximum Gasteiger partial charge on any atom is 0.440 e. The molecule has 8 heteroatoms. The highest BCUT2D eigenvalue weighted by molar-refractivity contribution is 6.29. The van der Waals surface area contributed by atoms with E-state index in [-0.39, 0.29) is 0 Å². The zero-order valence-electron chi connectivity index (χ0n) is 6.38. The van der Waals surface area contributed by atoms with Crippen molar-refractivity contribution in [2.45, 2.75) is 6.18 Å². The van der Waals surface area contributed by atoms with Gasteiger partial charge in [0.15, 0.2) is 0 Å². The molecule has 76 valence electrons. The van der Waals surface area contributed by atoms with Crippen LogP contribution in [0.25, 0.3) is 0 Å². The molecule has 0 fully saturated rings. The summed E-state index contributed by atoms with van der Waals surface area (Å²) in [7, 11) is 0. The van der Waals surface area contributed by atoms with Gasteiger partial charge >= 0.3 is 6.18 Å². The van der Waals surface area contributed by atoms with E-state index in [9.17, 15) is 23.3 Å². The summed E-state index contributed by atoms with van der Waals surface area (Å²) in [5, 5.41) is 9.76. The highest BCUT2D eigenvalue weighted by Gasteiger charge is 2.40. The minimum Gasteiger partial charge on any atom is -0.258 e. The van der Waals surface area contributed by atoms with Crippen molar-refractivity contribution in [3.8, 4) is 0 Å². The lowest BCUT2D eigenvalue weighted by atomic mass is 10.3. The highest BCUT2D eigenvalue weighted by Crippen LogP contribution is 2.34. The second-order valence-electron chi connectivity index (χ2n) is 2.26. The summed E-state index contributed by atoms with van der Waals surface area (Å²) in [5.74, 6) is 0. The van der Waals surface area contributed by atoms with Crippen LogP contribution < -0.4 is 0 Å². The number of aromatic nitrogens is 1. The fourth-order valence-electron chi connectivity index (χ4n) is 0.784. The number of rotatable bonds is 1. The molecule has 0 atom stereocenters. The van der Waals surface area contributed by atoms with Crippen molar-refractivity contribution in [2.24, 2.45) is 0 Å². The fourth-order valence-corrected chi connectivity index (χ4v) is 0.931. The Morgan fingerprint density at radius 3 is 2.43 bits per heavy atom. The Morgan fingerprint density at radius 1 is 1.43 bits per heavy atom. The van der Waals surface area contributed by atoms with Crippen LogP contribution in [0.15, 0.2) is 12.1 Å². The van der Waals surface area contributed by atoms with Gasteiger partial charge in [-0.2, -0.15) is 13.2 Å². The molecule has 0 aromatic carbocycles. The molecule has 4 nitrogen and oxygen atoms in total. The fraction of sp³-hybridized carbons (Fsp3) is 0.167. The third kappa shape index (κ3) is 2.11. The van der Waals surface area contributed by atoms with E-state index in [1.165, 1.54) is 0 Å². The predicted octanol–water partition coefficient (Wildman–Crippen LogP) is 2.66. The summed E-state index contributed by atoms with van der Waals surface area (Å²) in [4.78, 5) is 11.9. The monoisotopic (exact) mass is 226 g/mol. The molecule has 14 heavy (non-hydrogen) atoms. The Morgan fingerprint density at radius 2 is 2.00 bits per heavy atom. The third-order valence-corrected chi connectivity index (χ3v) is 1.52. The Hall–Kier alpha value is -1.37. The second-order valence-corrected chi connectivity index (χ2v) is 2.64. The summed E-state index contributed by atoms with van der Waals surface area (Å²) in [6.45, 7) is 0. The highest BCUT2D eigenvalue weighted by atomic mass is 35.5. The quantitative estimate of drug-likeness (QED) is 0.420. The van der Waals surface area contributed by atoms with Gasteiger partial charge in [-0.15, -0.1) is 0 Å². The second kappa shape index (κ2) is 3.41. The summed E-state index contributed by atoms with van der Waals surface area (Å²) in [6, 6.07) is 1.59.